The minimum absolute atomic E-state index is 0.000162. The predicted molar refractivity (Wildman–Crippen MR) is 84.7 cm³/mol. The molecule has 0 fully saturated rings. The highest BCUT2D eigenvalue weighted by molar-refractivity contribution is 7.87. The minimum Gasteiger partial charge on any atom is -0.377 e. The van der Waals surface area contributed by atoms with E-state index in [0.29, 0.717) is 5.02 Å². The van der Waals surface area contributed by atoms with E-state index in [1.165, 1.54) is 37.3 Å². The molecule has 0 aliphatic carbocycles. The molecule has 1 amide bonds. The average molecular weight is 340 g/mol. The second-order valence-electron chi connectivity index (χ2n) is 4.67. The lowest BCUT2D eigenvalue weighted by atomic mass is 10.2. The first kappa shape index (κ1) is 16.3. The molecule has 0 aromatic heterocycles. The van der Waals surface area contributed by atoms with E-state index in [9.17, 15) is 13.2 Å². The molecule has 0 aliphatic rings. The van der Waals surface area contributed by atoms with Crippen LogP contribution in [0.3, 0.4) is 0 Å². The number of hydrogen-bond acceptors (Lipinski definition) is 4. The van der Waals surface area contributed by atoms with Crippen molar-refractivity contribution < 1.29 is 17.4 Å². The lowest BCUT2D eigenvalue weighted by molar-refractivity contribution is -0.114. The van der Waals surface area contributed by atoms with Gasteiger partial charge in [-0.1, -0.05) is 29.3 Å². The van der Waals surface area contributed by atoms with E-state index in [2.05, 4.69) is 5.32 Å². The standard InChI is InChI=1S/C15H14ClNO4S/c1-10-3-6-13(7-4-10)22(19,20)21-15-8-5-12(16)9-14(15)17-11(2)18/h3-9H,1-2H3,(H,17,18). The van der Waals surface area contributed by atoms with Crippen LogP contribution in [0.2, 0.25) is 5.02 Å². The van der Waals surface area contributed by atoms with Crippen LogP contribution in [0.15, 0.2) is 47.4 Å². The fourth-order valence-corrected chi connectivity index (χ4v) is 2.85. The number of halogens is 1. The van der Waals surface area contributed by atoms with Crippen molar-refractivity contribution in [2.24, 2.45) is 0 Å². The Balaban J connectivity index is 2.37. The molecule has 0 saturated carbocycles. The molecule has 5 nitrogen and oxygen atoms in total. The Kier molecular flexibility index (Phi) is 4.73. The number of aryl methyl sites for hydroxylation is 1. The lowest BCUT2D eigenvalue weighted by Gasteiger charge is -2.12. The van der Waals surface area contributed by atoms with Crippen molar-refractivity contribution in [3.8, 4) is 5.75 Å². The highest BCUT2D eigenvalue weighted by Gasteiger charge is 2.19. The number of benzene rings is 2. The van der Waals surface area contributed by atoms with Gasteiger partial charge in [-0.05, 0) is 37.3 Å². The number of amides is 1. The van der Waals surface area contributed by atoms with E-state index in [1.807, 2.05) is 6.92 Å². The van der Waals surface area contributed by atoms with E-state index in [4.69, 9.17) is 15.8 Å². The molecule has 116 valence electrons. The molecular formula is C15H14ClNO4S. The fourth-order valence-electron chi connectivity index (χ4n) is 1.73. The van der Waals surface area contributed by atoms with Crippen LogP contribution in [-0.4, -0.2) is 14.3 Å². The molecule has 0 atom stereocenters. The Morgan fingerprint density at radius 3 is 2.36 bits per heavy atom. The molecule has 0 unspecified atom stereocenters. The number of carbonyl (C=O) groups is 1. The number of hydrogen-bond donors (Lipinski definition) is 1. The Hall–Kier alpha value is -2.05. The number of nitrogens with one attached hydrogen (secondary N) is 1. The zero-order valence-corrected chi connectivity index (χ0v) is 13.5. The Labute approximate surface area is 134 Å². The first-order valence-corrected chi connectivity index (χ1v) is 8.15. The zero-order chi connectivity index (χ0) is 16.3. The second-order valence-corrected chi connectivity index (χ2v) is 6.65. The summed E-state index contributed by atoms with van der Waals surface area (Å²) in [5, 5.41) is 2.84. The largest absolute Gasteiger partial charge is 0.377 e. The zero-order valence-electron chi connectivity index (χ0n) is 12.0. The lowest BCUT2D eigenvalue weighted by Crippen LogP contribution is -2.13. The summed E-state index contributed by atoms with van der Waals surface area (Å²) in [5.41, 5.74) is 1.13. The molecule has 0 saturated heterocycles. The highest BCUT2D eigenvalue weighted by atomic mass is 35.5. The van der Waals surface area contributed by atoms with E-state index in [-0.39, 0.29) is 22.2 Å². The predicted octanol–water partition coefficient (Wildman–Crippen LogP) is 3.37. The van der Waals surface area contributed by atoms with Crippen LogP contribution in [0.5, 0.6) is 5.75 Å². The summed E-state index contributed by atoms with van der Waals surface area (Å²) >= 11 is 5.85. The van der Waals surface area contributed by atoms with Crippen molar-refractivity contribution in [2.45, 2.75) is 18.7 Å². The topological polar surface area (TPSA) is 72.5 Å². The van der Waals surface area contributed by atoms with Crippen molar-refractivity contribution in [1.82, 2.24) is 0 Å². The van der Waals surface area contributed by atoms with Gasteiger partial charge in [0.15, 0.2) is 5.75 Å². The molecule has 22 heavy (non-hydrogen) atoms. The van der Waals surface area contributed by atoms with Gasteiger partial charge in [-0.15, -0.1) is 0 Å². The smallest absolute Gasteiger partial charge is 0.339 e. The second kappa shape index (κ2) is 6.37. The van der Waals surface area contributed by atoms with Crippen LogP contribution < -0.4 is 9.50 Å². The molecule has 2 aromatic rings. The van der Waals surface area contributed by atoms with Crippen LogP contribution in [-0.2, 0) is 14.9 Å². The van der Waals surface area contributed by atoms with E-state index in [1.54, 1.807) is 12.1 Å². The molecule has 0 spiro atoms. The normalized spacial score (nSPS) is 11.0. The van der Waals surface area contributed by atoms with E-state index in [0.717, 1.165) is 5.56 Å². The number of carbonyl (C=O) groups excluding carboxylic acids is 1. The van der Waals surface area contributed by atoms with E-state index < -0.39 is 10.1 Å². The van der Waals surface area contributed by atoms with Crippen molar-refractivity contribution in [2.75, 3.05) is 5.32 Å². The van der Waals surface area contributed by atoms with Crippen LogP contribution in [0.1, 0.15) is 12.5 Å². The molecule has 1 N–H and O–H groups in total. The Morgan fingerprint density at radius 1 is 1.14 bits per heavy atom. The summed E-state index contributed by atoms with van der Waals surface area (Å²) in [4.78, 5) is 11.2. The third-order valence-electron chi connectivity index (χ3n) is 2.76. The van der Waals surface area contributed by atoms with Crippen LogP contribution in [0.4, 0.5) is 5.69 Å². The fraction of sp³-hybridized carbons (Fsp3) is 0.133. The first-order chi connectivity index (χ1) is 10.3. The number of rotatable bonds is 4. The minimum atomic E-state index is -4.00. The Bertz CT molecular complexity index is 801. The van der Waals surface area contributed by atoms with Crippen molar-refractivity contribution in [3.05, 3.63) is 53.1 Å². The van der Waals surface area contributed by atoms with Gasteiger partial charge >= 0.3 is 10.1 Å². The van der Waals surface area contributed by atoms with Gasteiger partial charge in [-0.2, -0.15) is 8.42 Å². The van der Waals surface area contributed by atoms with Crippen molar-refractivity contribution >= 4 is 33.3 Å². The molecule has 0 radical (unpaired) electrons. The van der Waals surface area contributed by atoms with Gasteiger partial charge in [0.1, 0.15) is 4.90 Å². The van der Waals surface area contributed by atoms with Crippen LogP contribution in [0.25, 0.3) is 0 Å². The van der Waals surface area contributed by atoms with Gasteiger partial charge in [0.2, 0.25) is 5.91 Å². The third kappa shape index (κ3) is 3.99. The maximum absolute atomic E-state index is 12.3. The highest BCUT2D eigenvalue weighted by Crippen LogP contribution is 2.30. The van der Waals surface area contributed by atoms with Crippen LogP contribution >= 0.6 is 11.6 Å². The average Bonchev–Trinajstić information content (AvgIpc) is 2.41. The van der Waals surface area contributed by atoms with Gasteiger partial charge in [0.25, 0.3) is 0 Å². The molecule has 0 heterocycles. The Morgan fingerprint density at radius 2 is 1.77 bits per heavy atom. The number of anilines is 1. The maximum atomic E-state index is 12.3. The molecular weight excluding hydrogens is 326 g/mol. The molecule has 0 aliphatic heterocycles. The van der Waals surface area contributed by atoms with E-state index >= 15 is 0 Å². The monoisotopic (exact) mass is 339 g/mol. The van der Waals surface area contributed by atoms with Gasteiger partial charge in [0.05, 0.1) is 5.69 Å². The summed E-state index contributed by atoms with van der Waals surface area (Å²) in [5.74, 6) is -0.361. The molecule has 2 rings (SSSR count). The first-order valence-electron chi connectivity index (χ1n) is 6.36. The quantitative estimate of drug-likeness (QED) is 0.867. The summed E-state index contributed by atoms with van der Waals surface area (Å²) < 4.78 is 29.6. The molecule has 7 heteroatoms. The van der Waals surface area contributed by atoms with Gasteiger partial charge in [-0.25, -0.2) is 0 Å². The SMILES string of the molecule is CC(=O)Nc1cc(Cl)ccc1OS(=O)(=O)c1ccc(C)cc1. The van der Waals surface area contributed by atoms with Crippen molar-refractivity contribution in [1.29, 1.82) is 0 Å². The summed E-state index contributed by atoms with van der Waals surface area (Å²) in [6.07, 6.45) is 0. The maximum Gasteiger partial charge on any atom is 0.339 e. The van der Waals surface area contributed by atoms with Crippen molar-refractivity contribution in [3.63, 3.8) is 0 Å². The van der Waals surface area contributed by atoms with Crippen LogP contribution in [0, 0.1) is 6.92 Å². The van der Waals surface area contributed by atoms with Gasteiger partial charge in [-0.3, -0.25) is 4.79 Å². The van der Waals surface area contributed by atoms with Gasteiger partial charge in [0, 0.05) is 11.9 Å². The molecule has 0 bridgehead atoms. The molecule has 2 aromatic carbocycles. The summed E-state index contributed by atoms with van der Waals surface area (Å²) in [7, 11) is -4.00. The van der Waals surface area contributed by atoms with Gasteiger partial charge < -0.3 is 9.50 Å². The third-order valence-corrected chi connectivity index (χ3v) is 4.25. The summed E-state index contributed by atoms with van der Waals surface area (Å²) in [6, 6.07) is 10.5. The summed E-state index contributed by atoms with van der Waals surface area (Å²) in [6.45, 7) is 3.16.